The summed E-state index contributed by atoms with van der Waals surface area (Å²) in [4.78, 5) is 112. The van der Waals surface area contributed by atoms with Crippen molar-refractivity contribution >= 4 is 65.9 Å². The van der Waals surface area contributed by atoms with Crippen molar-refractivity contribution in [2.24, 2.45) is 11.7 Å². The third-order valence-electron chi connectivity index (χ3n) is 14.4. The molecule has 0 aromatic heterocycles. The summed E-state index contributed by atoms with van der Waals surface area (Å²) in [5.74, 6) is -6.54. The van der Waals surface area contributed by atoms with E-state index in [4.69, 9.17) is 39.6 Å². The summed E-state index contributed by atoms with van der Waals surface area (Å²) in [6, 6.07) is -1.41. The number of carboxylic acid groups (broad SMARTS) is 2. The summed E-state index contributed by atoms with van der Waals surface area (Å²) < 4.78 is 28.1. The molecule has 5 aliphatic rings. The number of hydrogen-bond donors (Lipinski definition) is 13. The molecule has 6 rings (SSSR count). The first-order valence-electron chi connectivity index (χ1n) is 25.9. The van der Waals surface area contributed by atoms with Gasteiger partial charge in [-0.25, -0.2) is 4.79 Å². The number of amides is 7. The van der Waals surface area contributed by atoms with E-state index in [0.29, 0.717) is 37.4 Å². The van der Waals surface area contributed by atoms with Gasteiger partial charge in [0.25, 0.3) is 0 Å². The van der Waals surface area contributed by atoms with Crippen LogP contribution in [-0.4, -0.2) is 218 Å². The summed E-state index contributed by atoms with van der Waals surface area (Å²) in [5, 5.41) is 59.0. The summed E-state index contributed by atoms with van der Waals surface area (Å²) in [6.45, 7) is 2.49. The lowest BCUT2D eigenvalue weighted by molar-refractivity contribution is -0.192. The summed E-state index contributed by atoms with van der Waals surface area (Å²) in [6.07, 6.45) is 2.78. The average Bonchev–Trinajstić information content (AvgIpc) is 4.30. The number of nitrogens with two attached hydrogens (primary N) is 1. The second-order valence-electron chi connectivity index (χ2n) is 19.8. The van der Waals surface area contributed by atoms with E-state index in [1.54, 1.807) is 6.07 Å². The Morgan fingerprint density at radius 1 is 0.740 bits per heavy atom. The van der Waals surface area contributed by atoms with Gasteiger partial charge in [-0.05, 0) is 62.6 Å². The predicted octanol–water partition coefficient (Wildman–Crippen LogP) is -4.07. The Bertz CT molecular complexity index is 2300. The van der Waals surface area contributed by atoms with E-state index in [1.165, 1.54) is 12.8 Å². The maximum absolute atomic E-state index is 13.2. The minimum Gasteiger partial charge on any atom is -0.504 e. The standard InChI is InChI=1S/C49H73N9O18S/c50-30(45(67)56-32(22-41(65)66)46(68)57-33(27-77)47(69)70)23-52-38(62)8-13-72-15-17-74-19-20-75-18-16-73-14-11-51-36(60)5-6-37(61)53-24-39(63)54-25-40(64)55-31-7-9-49(71)35-21-29-3-4-34(59)43-42(29)48(49,44(31)76-43)10-12-58(35)26-28-1-2-28/h3-4,28,30-33,35,44,59,71,77H,1-2,5-27,50H2,(H,51,60)(H,52,62)(H,53,61)(H,54,63)(H,55,64)(H,56,67)(H,57,68)(H,65,66)(H,69,70)/t30?,31-,32?,33?,35-,44+,48+,49-/m1/s1. The zero-order valence-electron chi connectivity index (χ0n) is 42.8. The molecule has 3 aliphatic carbocycles. The number of likely N-dealkylation sites (tertiary alicyclic amines) is 1. The molecule has 3 unspecified atom stereocenters. The van der Waals surface area contributed by atoms with Crippen molar-refractivity contribution in [2.75, 3.05) is 97.9 Å². The van der Waals surface area contributed by atoms with Gasteiger partial charge in [0.1, 0.15) is 24.2 Å². The van der Waals surface area contributed by atoms with Crippen LogP contribution in [0.25, 0.3) is 0 Å². The molecule has 1 spiro atoms. The van der Waals surface area contributed by atoms with E-state index in [2.05, 4.69) is 54.7 Å². The second kappa shape index (κ2) is 28.7. The molecule has 428 valence electrons. The van der Waals surface area contributed by atoms with Crippen LogP contribution >= 0.6 is 12.6 Å². The number of ether oxygens (including phenoxy) is 5. The van der Waals surface area contributed by atoms with Crippen molar-refractivity contribution in [3.8, 4) is 11.5 Å². The predicted molar refractivity (Wildman–Crippen MR) is 271 cm³/mol. The van der Waals surface area contributed by atoms with Gasteiger partial charge in [0, 0.05) is 56.3 Å². The number of nitrogens with zero attached hydrogens (tertiary/aromatic N) is 1. The van der Waals surface area contributed by atoms with Crippen LogP contribution in [0.2, 0.25) is 0 Å². The van der Waals surface area contributed by atoms with Crippen LogP contribution in [0.4, 0.5) is 0 Å². The first kappa shape index (κ1) is 60.4. The van der Waals surface area contributed by atoms with Crippen LogP contribution in [0.1, 0.15) is 68.9 Å². The van der Waals surface area contributed by atoms with Gasteiger partial charge in [-0.2, -0.15) is 12.6 Å². The fraction of sp³-hybridized carbons (Fsp3) is 0.694. The Morgan fingerprint density at radius 2 is 1.35 bits per heavy atom. The van der Waals surface area contributed by atoms with E-state index in [9.17, 15) is 53.4 Å². The molecule has 13 N–H and O–H groups in total. The zero-order chi connectivity index (χ0) is 55.7. The Kier molecular flexibility index (Phi) is 22.5. The Morgan fingerprint density at radius 3 is 2.00 bits per heavy atom. The molecule has 3 fully saturated rings. The van der Waals surface area contributed by atoms with Gasteiger partial charge in [0.05, 0.1) is 89.4 Å². The number of hydrogen-bond acceptors (Lipinski definition) is 19. The number of thiol groups is 1. The van der Waals surface area contributed by atoms with Crippen LogP contribution in [-0.2, 0) is 73.9 Å². The minimum absolute atomic E-state index is 0.00941. The van der Waals surface area contributed by atoms with E-state index < -0.39 is 102 Å². The smallest absolute Gasteiger partial charge is 0.327 e. The number of benzene rings is 1. The maximum atomic E-state index is 13.2. The number of rotatable bonds is 35. The monoisotopic (exact) mass is 1110 g/mol. The Balaban J connectivity index is 0.722. The van der Waals surface area contributed by atoms with Gasteiger partial charge in [0.15, 0.2) is 11.5 Å². The highest BCUT2D eigenvalue weighted by Crippen LogP contribution is 2.65. The molecule has 2 aliphatic heterocycles. The molecule has 2 saturated carbocycles. The van der Waals surface area contributed by atoms with Crippen molar-refractivity contribution < 1.29 is 87.3 Å². The summed E-state index contributed by atoms with van der Waals surface area (Å²) >= 11 is 3.82. The SMILES string of the molecule is NC(CNC(=O)CCOCCOCCOCCOCCNC(=O)CCC(=O)NCC(=O)NCC(=O)N[C@@H]1CC[C@@]2(O)[C@H]3Cc4ccc(O)c5c4[C@@]2(CCN3CC2CC2)[C@H]1O5)C(=O)NC(CC(=O)O)C(=O)NC(CS)C(=O)O. The normalized spacial score (nSPS) is 22.9. The van der Waals surface area contributed by atoms with Crippen LogP contribution in [0.3, 0.4) is 0 Å². The van der Waals surface area contributed by atoms with Gasteiger partial charge in [0.2, 0.25) is 41.4 Å². The zero-order valence-corrected chi connectivity index (χ0v) is 43.7. The Labute approximate surface area is 449 Å². The molecule has 27 nitrogen and oxygen atoms in total. The fourth-order valence-electron chi connectivity index (χ4n) is 10.4. The minimum atomic E-state index is -1.63. The van der Waals surface area contributed by atoms with Gasteiger partial charge in [-0.3, -0.25) is 43.3 Å². The highest BCUT2D eigenvalue weighted by atomic mass is 32.1. The Hall–Kier alpha value is -5.88. The second-order valence-corrected chi connectivity index (χ2v) is 20.1. The van der Waals surface area contributed by atoms with Crippen molar-refractivity contribution in [3.63, 3.8) is 0 Å². The molecular formula is C49H73N9O18S. The molecular weight excluding hydrogens is 1030 g/mol. The average molecular weight is 1110 g/mol. The molecule has 77 heavy (non-hydrogen) atoms. The molecule has 2 bridgehead atoms. The van der Waals surface area contributed by atoms with E-state index in [0.717, 1.165) is 24.2 Å². The number of aromatic hydroxyl groups is 1. The van der Waals surface area contributed by atoms with Gasteiger partial charge in [-0.1, -0.05) is 6.07 Å². The molecule has 1 aromatic carbocycles. The number of carbonyl (C=O) groups is 9. The molecule has 1 aromatic rings. The molecule has 0 radical (unpaired) electrons. The van der Waals surface area contributed by atoms with Crippen LogP contribution in [0.5, 0.6) is 11.5 Å². The third kappa shape index (κ3) is 16.3. The van der Waals surface area contributed by atoms with Gasteiger partial charge in [-0.15, -0.1) is 0 Å². The highest BCUT2D eigenvalue weighted by molar-refractivity contribution is 7.80. The van der Waals surface area contributed by atoms with E-state index in [-0.39, 0.29) is 115 Å². The molecule has 1 saturated heterocycles. The quantitative estimate of drug-likeness (QED) is 0.0227. The number of nitrogens with one attached hydrogen (secondary N) is 7. The lowest BCUT2D eigenvalue weighted by atomic mass is 9.48. The van der Waals surface area contributed by atoms with Gasteiger partial charge >= 0.3 is 11.9 Å². The first-order valence-corrected chi connectivity index (χ1v) is 26.6. The van der Waals surface area contributed by atoms with Crippen molar-refractivity contribution in [1.82, 2.24) is 42.1 Å². The molecule has 8 atom stereocenters. The number of aliphatic carboxylic acids is 2. The van der Waals surface area contributed by atoms with Crippen molar-refractivity contribution in [3.05, 3.63) is 23.3 Å². The fourth-order valence-corrected chi connectivity index (χ4v) is 10.7. The number of carboxylic acids is 2. The van der Waals surface area contributed by atoms with Gasteiger partial charge < -0.3 is 87.1 Å². The van der Waals surface area contributed by atoms with Crippen LogP contribution in [0.15, 0.2) is 12.1 Å². The number of aliphatic hydroxyl groups is 1. The van der Waals surface area contributed by atoms with Crippen LogP contribution in [0, 0.1) is 5.92 Å². The largest absolute Gasteiger partial charge is 0.504 e. The third-order valence-corrected chi connectivity index (χ3v) is 14.8. The maximum Gasteiger partial charge on any atom is 0.327 e. The van der Waals surface area contributed by atoms with E-state index in [1.807, 2.05) is 6.07 Å². The number of phenols is 1. The number of piperidine rings is 1. The number of carbonyl (C=O) groups excluding carboxylic acids is 7. The molecule has 7 amide bonds. The lowest BCUT2D eigenvalue weighted by Crippen LogP contribution is -2.78. The highest BCUT2D eigenvalue weighted by Gasteiger charge is 2.73. The first-order chi connectivity index (χ1) is 36.9. The van der Waals surface area contributed by atoms with Crippen LogP contribution < -0.4 is 47.7 Å². The lowest BCUT2D eigenvalue weighted by Gasteiger charge is -2.64. The molecule has 28 heteroatoms. The van der Waals surface area contributed by atoms with Crippen molar-refractivity contribution in [1.29, 1.82) is 0 Å². The van der Waals surface area contributed by atoms with E-state index >= 15 is 0 Å². The van der Waals surface area contributed by atoms with Crippen molar-refractivity contribution in [2.45, 2.75) is 112 Å². The molecule has 2 heterocycles. The number of phenolic OH excluding ortho intramolecular Hbond substituents is 1. The topological polar surface area (TPSA) is 394 Å². The summed E-state index contributed by atoms with van der Waals surface area (Å²) in [7, 11) is 0. The summed E-state index contributed by atoms with van der Waals surface area (Å²) in [5.41, 5.74) is 5.79.